The van der Waals surface area contributed by atoms with Crippen LogP contribution in [0.1, 0.15) is 6.92 Å². The molecule has 1 heterocycles. The molecule has 0 bridgehead atoms. The van der Waals surface area contributed by atoms with E-state index in [1.54, 1.807) is 16.8 Å². The van der Waals surface area contributed by atoms with Crippen molar-refractivity contribution >= 4 is 15.9 Å². The minimum absolute atomic E-state index is 0.00278. The minimum atomic E-state index is -0.0181. The van der Waals surface area contributed by atoms with Crippen molar-refractivity contribution in [3.63, 3.8) is 0 Å². The molecule has 4 heteroatoms. The molecule has 0 saturated carbocycles. The van der Waals surface area contributed by atoms with Crippen molar-refractivity contribution in [1.82, 2.24) is 4.57 Å². The maximum Gasteiger partial charge on any atom is 0.250 e. The van der Waals surface area contributed by atoms with Gasteiger partial charge in [-0.15, -0.1) is 0 Å². The van der Waals surface area contributed by atoms with Crippen LogP contribution in [-0.2, 0) is 6.54 Å². The first-order valence-electron chi connectivity index (χ1n) is 3.71. The highest BCUT2D eigenvalue weighted by Crippen LogP contribution is 2.04. The number of nitrogens with zero attached hydrogens (tertiary/aromatic N) is 1. The largest absolute Gasteiger partial charge is 0.326 e. The van der Waals surface area contributed by atoms with Gasteiger partial charge >= 0.3 is 0 Å². The lowest BCUT2D eigenvalue weighted by Crippen LogP contribution is -2.28. The van der Waals surface area contributed by atoms with Gasteiger partial charge in [-0.1, -0.05) is 0 Å². The van der Waals surface area contributed by atoms with Gasteiger partial charge in [-0.05, 0) is 28.9 Å². The summed E-state index contributed by atoms with van der Waals surface area (Å²) in [5.74, 6) is 0. The van der Waals surface area contributed by atoms with E-state index in [0.717, 1.165) is 4.47 Å². The zero-order chi connectivity index (χ0) is 9.14. The molecule has 1 unspecified atom stereocenters. The average molecular weight is 231 g/mol. The SMILES string of the molecule is CC(N)Cn1cc(Br)ccc1=O. The highest BCUT2D eigenvalue weighted by molar-refractivity contribution is 9.10. The minimum Gasteiger partial charge on any atom is -0.326 e. The summed E-state index contributed by atoms with van der Waals surface area (Å²) in [7, 11) is 0. The molecular weight excluding hydrogens is 220 g/mol. The van der Waals surface area contributed by atoms with Gasteiger partial charge in [0, 0.05) is 29.3 Å². The first-order chi connectivity index (χ1) is 5.59. The monoisotopic (exact) mass is 230 g/mol. The Morgan fingerprint density at radius 2 is 2.33 bits per heavy atom. The van der Waals surface area contributed by atoms with Gasteiger partial charge in [0.05, 0.1) is 0 Å². The van der Waals surface area contributed by atoms with Gasteiger partial charge in [0.1, 0.15) is 0 Å². The van der Waals surface area contributed by atoms with Crippen molar-refractivity contribution in [2.75, 3.05) is 0 Å². The maximum absolute atomic E-state index is 11.2. The van der Waals surface area contributed by atoms with Gasteiger partial charge in [0.15, 0.2) is 0 Å². The summed E-state index contributed by atoms with van der Waals surface area (Å²) in [6.07, 6.45) is 1.74. The second kappa shape index (κ2) is 3.87. The molecular formula is C8H11BrN2O. The van der Waals surface area contributed by atoms with E-state index in [9.17, 15) is 4.79 Å². The number of hydrogen-bond acceptors (Lipinski definition) is 2. The van der Waals surface area contributed by atoms with Gasteiger partial charge < -0.3 is 10.3 Å². The first-order valence-corrected chi connectivity index (χ1v) is 4.50. The van der Waals surface area contributed by atoms with E-state index < -0.39 is 0 Å². The summed E-state index contributed by atoms with van der Waals surface area (Å²) in [5, 5.41) is 0. The highest BCUT2D eigenvalue weighted by atomic mass is 79.9. The van der Waals surface area contributed by atoms with Crippen molar-refractivity contribution < 1.29 is 0 Å². The second-order valence-corrected chi connectivity index (χ2v) is 3.73. The molecule has 0 amide bonds. The molecule has 0 saturated heterocycles. The lowest BCUT2D eigenvalue weighted by molar-refractivity contribution is 0.573. The van der Waals surface area contributed by atoms with Crippen molar-refractivity contribution in [2.45, 2.75) is 19.5 Å². The number of halogens is 1. The number of rotatable bonds is 2. The van der Waals surface area contributed by atoms with Crippen LogP contribution in [0.2, 0.25) is 0 Å². The molecule has 0 aliphatic carbocycles. The standard InChI is InChI=1S/C8H11BrN2O/c1-6(10)4-11-5-7(9)2-3-8(11)12/h2-3,5-6H,4,10H2,1H3. The number of nitrogens with two attached hydrogens (primary N) is 1. The van der Waals surface area contributed by atoms with Gasteiger partial charge in [-0.25, -0.2) is 0 Å². The van der Waals surface area contributed by atoms with Crippen molar-refractivity contribution in [2.24, 2.45) is 5.73 Å². The Balaban J connectivity index is 2.98. The quantitative estimate of drug-likeness (QED) is 0.823. The Hall–Kier alpha value is -0.610. The summed E-state index contributed by atoms with van der Waals surface area (Å²) < 4.78 is 2.48. The smallest absolute Gasteiger partial charge is 0.250 e. The molecule has 0 radical (unpaired) electrons. The van der Waals surface area contributed by atoms with E-state index in [1.807, 2.05) is 6.92 Å². The predicted molar refractivity (Wildman–Crippen MR) is 52.1 cm³/mol. The molecule has 0 fully saturated rings. The maximum atomic E-state index is 11.2. The number of aromatic nitrogens is 1. The third-order valence-electron chi connectivity index (χ3n) is 1.43. The van der Waals surface area contributed by atoms with Gasteiger partial charge in [-0.3, -0.25) is 4.79 Å². The summed E-state index contributed by atoms with van der Waals surface area (Å²) in [6.45, 7) is 2.42. The van der Waals surface area contributed by atoms with E-state index in [-0.39, 0.29) is 11.6 Å². The van der Waals surface area contributed by atoms with Gasteiger partial charge in [0.2, 0.25) is 0 Å². The van der Waals surface area contributed by atoms with Gasteiger partial charge in [0.25, 0.3) is 5.56 Å². The second-order valence-electron chi connectivity index (χ2n) is 2.82. The molecule has 0 aromatic carbocycles. The molecule has 2 N–H and O–H groups in total. The fourth-order valence-corrected chi connectivity index (χ4v) is 1.33. The predicted octanol–water partition coefficient (Wildman–Crippen LogP) is 0.958. The van der Waals surface area contributed by atoms with E-state index in [1.165, 1.54) is 6.07 Å². The van der Waals surface area contributed by atoms with E-state index in [0.29, 0.717) is 6.54 Å². The third-order valence-corrected chi connectivity index (χ3v) is 1.90. The summed E-state index contributed by atoms with van der Waals surface area (Å²) in [5.41, 5.74) is 5.55. The Morgan fingerprint density at radius 1 is 1.67 bits per heavy atom. The molecule has 0 aliphatic heterocycles. The molecule has 1 atom stereocenters. The zero-order valence-corrected chi connectivity index (χ0v) is 8.41. The van der Waals surface area contributed by atoms with E-state index in [2.05, 4.69) is 15.9 Å². The molecule has 1 aromatic heterocycles. The highest BCUT2D eigenvalue weighted by Gasteiger charge is 1.99. The van der Waals surface area contributed by atoms with E-state index >= 15 is 0 Å². The Kier molecular flexibility index (Phi) is 3.05. The fourth-order valence-electron chi connectivity index (χ4n) is 0.955. The number of pyridine rings is 1. The van der Waals surface area contributed by atoms with Crippen LogP contribution < -0.4 is 11.3 Å². The van der Waals surface area contributed by atoms with Crippen LogP contribution in [0.25, 0.3) is 0 Å². The van der Waals surface area contributed by atoms with Crippen LogP contribution in [0, 0.1) is 0 Å². The Bertz CT molecular complexity index is 319. The fraction of sp³-hybridized carbons (Fsp3) is 0.375. The molecule has 1 aromatic rings. The van der Waals surface area contributed by atoms with Crippen LogP contribution in [0.15, 0.2) is 27.6 Å². The van der Waals surface area contributed by atoms with Crippen LogP contribution in [-0.4, -0.2) is 10.6 Å². The summed E-state index contributed by atoms with van der Waals surface area (Å²) >= 11 is 3.29. The van der Waals surface area contributed by atoms with Crippen LogP contribution >= 0.6 is 15.9 Å². The van der Waals surface area contributed by atoms with Crippen molar-refractivity contribution in [1.29, 1.82) is 0 Å². The van der Waals surface area contributed by atoms with Crippen LogP contribution in [0.4, 0.5) is 0 Å². The van der Waals surface area contributed by atoms with E-state index in [4.69, 9.17) is 5.73 Å². The zero-order valence-electron chi connectivity index (χ0n) is 6.83. The molecule has 3 nitrogen and oxygen atoms in total. The van der Waals surface area contributed by atoms with Crippen molar-refractivity contribution in [3.8, 4) is 0 Å². The topological polar surface area (TPSA) is 48.0 Å². The third kappa shape index (κ3) is 2.46. The lowest BCUT2D eigenvalue weighted by Gasteiger charge is -2.07. The molecule has 66 valence electrons. The molecule has 1 rings (SSSR count). The Morgan fingerprint density at radius 3 is 2.92 bits per heavy atom. The van der Waals surface area contributed by atoms with Crippen molar-refractivity contribution in [3.05, 3.63) is 33.2 Å². The summed E-state index contributed by atoms with van der Waals surface area (Å²) in [4.78, 5) is 11.2. The summed E-state index contributed by atoms with van der Waals surface area (Å²) in [6, 6.07) is 3.24. The van der Waals surface area contributed by atoms with Gasteiger partial charge in [-0.2, -0.15) is 0 Å². The van der Waals surface area contributed by atoms with Crippen LogP contribution in [0.5, 0.6) is 0 Å². The first kappa shape index (κ1) is 9.48. The normalized spacial score (nSPS) is 12.9. The average Bonchev–Trinajstić information content (AvgIpc) is 1.96. The Labute approximate surface area is 79.3 Å². The lowest BCUT2D eigenvalue weighted by atomic mass is 10.3. The number of hydrogen-bond donors (Lipinski definition) is 1. The molecule has 0 spiro atoms. The molecule has 12 heavy (non-hydrogen) atoms. The molecule has 0 aliphatic rings. The van der Waals surface area contributed by atoms with Crippen LogP contribution in [0.3, 0.4) is 0 Å².